The second-order valence-electron chi connectivity index (χ2n) is 5.92. The van der Waals surface area contributed by atoms with Gasteiger partial charge in [-0.05, 0) is 31.0 Å². The third kappa shape index (κ3) is 3.77. The van der Waals surface area contributed by atoms with Crippen molar-refractivity contribution in [2.75, 3.05) is 6.61 Å². The second kappa shape index (κ2) is 7.87. The summed E-state index contributed by atoms with van der Waals surface area (Å²) >= 11 is 0. The Balaban J connectivity index is 1.96. The molecule has 1 atom stereocenters. The van der Waals surface area contributed by atoms with E-state index in [9.17, 15) is 9.59 Å². The Labute approximate surface area is 151 Å². The van der Waals surface area contributed by atoms with Crippen LogP contribution in [0.5, 0.6) is 5.75 Å². The fourth-order valence-corrected chi connectivity index (χ4v) is 2.93. The first-order valence-corrected chi connectivity index (χ1v) is 8.69. The molecule has 2 aromatic carbocycles. The molecule has 0 saturated heterocycles. The quantitative estimate of drug-likeness (QED) is 0.680. The Hall–Kier alpha value is -3.08. The van der Waals surface area contributed by atoms with E-state index in [1.54, 1.807) is 18.2 Å². The maximum absolute atomic E-state index is 12.8. The molecule has 0 fully saturated rings. The van der Waals surface area contributed by atoms with E-state index in [1.807, 2.05) is 44.2 Å². The van der Waals surface area contributed by atoms with Crippen molar-refractivity contribution in [3.8, 4) is 5.75 Å². The molecule has 0 spiro atoms. The van der Waals surface area contributed by atoms with E-state index in [1.165, 1.54) is 6.07 Å². The molecule has 0 aliphatic carbocycles. The number of nitrogens with one attached hydrogen (secondary N) is 1. The van der Waals surface area contributed by atoms with E-state index < -0.39 is 5.63 Å². The van der Waals surface area contributed by atoms with Gasteiger partial charge in [-0.1, -0.05) is 37.3 Å². The largest absolute Gasteiger partial charge is 0.494 e. The van der Waals surface area contributed by atoms with E-state index >= 15 is 0 Å². The van der Waals surface area contributed by atoms with Crippen molar-refractivity contribution in [1.29, 1.82) is 0 Å². The summed E-state index contributed by atoms with van der Waals surface area (Å²) < 4.78 is 10.7. The van der Waals surface area contributed by atoms with Crippen LogP contribution in [0.15, 0.2) is 63.8 Å². The van der Waals surface area contributed by atoms with Crippen molar-refractivity contribution in [2.45, 2.75) is 26.3 Å². The second-order valence-corrected chi connectivity index (χ2v) is 5.92. The summed E-state index contributed by atoms with van der Waals surface area (Å²) in [5.74, 6) is 0.291. The third-order valence-corrected chi connectivity index (χ3v) is 4.19. The molecule has 5 nitrogen and oxygen atoms in total. The van der Waals surface area contributed by atoms with E-state index in [4.69, 9.17) is 9.15 Å². The number of amides is 1. The van der Waals surface area contributed by atoms with Gasteiger partial charge < -0.3 is 14.5 Å². The highest BCUT2D eigenvalue weighted by Crippen LogP contribution is 2.24. The van der Waals surface area contributed by atoms with E-state index in [-0.39, 0.29) is 11.9 Å². The first-order chi connectivity index (χ1) is 12.6. The zero-order valence-corrected chi connectivity index (χ0v) is 14.8. The molecule has 3 aromatic rings. The lowest BCUT2D eigenvalue weighted by Gasteiger charge is -2.18. The lowest BCUT2D eigenvalue weighted by Crippen LogP contribution is -2.29. The van der Waals surface area contributed by atoms with Crippen molar-refractivity contribution in [2.24, 2.45) is 0 Å². The molecular formula is C21H21NO4. The van der Waals surface area contributed by atoms with Gasteiger partial charge in [0.1, 0.15) is 11.3 Å². The summed E-state index contributed by atoms with van der Waals surface area (Å²) in [6.07, 6.45) is 0.740. The fourth-order valence-electron chi connectivity index (χ4n) is 2.93. The highest BCUT2D eigenvalue weighted by atomic mass is 16.5. The molecule has 1 amide bonds. The summed E-state index contributed by atoms with van der Waals surface area (Å²) in [4.78, 5) is 24.8. The Bertz CT molecular complexity index is 963. The van der Waals surface area contributed by atoms with Crippen molar-refractivity contribution in [3.63, 3.8) is 0 Å². The van der Waals surface area contributed by atoms with Crippen LogP contribution in [-0.2, 0) is 0 Å². The van der Waals surface area contributed by atoms with Gasteiger partial charge in [0.05, 0.1) is 18.2 Å². The highest BCUT2D eigenvalue weighted by Gasteiger charge is 2.18. The van der Waals surface area contributed by atoms with Gasteiger partial charge >= 0.3 is 5.63 Å². The normalized spacial score (nSPS) is 11.9. The van der Waals surface area contributed by atoms with Crippen LogP contribution >= 0.6 is 0 Å². The minimum Gasteiger partial charge on any atom is -0.494 e. The van der Waals surface area contributed by atoms with Crippen molar-refractivity contribution in [1.82, 2.24) is 5.32 Å². The lowest BCUT2D eigenvalue weighted by atomic mass is 10.0. The number of fused-ring (bicyclic) bond motifs is 1. The standard InChI is InChI=1S/C21H21NO4/c1-3-18(14-8-6-5-7-9-14)22-21(24)17-13-20(23)26-19-12-15(25-4-2)10-11-16(17)19/h5-13,18H,3-4H2,1-2H3,(H,22,24). The lowest BCUT2D eigenvalue weighted by molar-refractivity contribution is 0.0936. The minimum absolute atomic E-state index is 0.131. The van der Waals surface area contributed by atoms with Crippen LogP contribution in [0, 0.1) is 0 Å². The van der Waals surface area contributed by atoms with Crippen molar-refractivity contribution < 1.29 is 13.9 Å². The van der Waals surface area contributed by atoms with E-state index in [0.29, 0.717) is 28.9 Å². The first kappa shape index (κ1) is 17.7. The molecular weight excluding hydrogens is 330 g/mol. The Kier molecular flexibility index (Phi) is 5.37. The van der Waals surface area contributed by atoms with Crippen molar-refractivity contribution >= 4 is 16.9 Å². The predicted octanol–water partition coefficient (Wildman–Crippen LogP) is 4.07. The average molecular weight is 351 g/mol. The molecule has 0 saturated carbocycles. The maximum atomic E-state index is 12.8. The average Bonchev–Trinajstić information content (AvgIpc) is 2.66. The Morgan fingerprint density at radius 1 is 1.12 bits per heavy atom. The molecule has 3 rings (SSSR count). The fraction of sp³-hybridized carbons (Fsp3) is 0.238. The monoisotopic (exact) mass is 351 g/mol. The van der Waals surface area contributed by atoms with Gasteiger partial charge in [0, 0.05) is 17.5 Å². The molecule has 1 heterocycles. The topological polar surface area (TPSA) is 68.5 Å². The zero-order chi connectivity index (χ0) is 18.5. The van der Waals surface area contributed by atoms with E-state index in [2.05, 4.69) is 5.32 Å². The smallest absolute Gasteiger partial charge is 0.337 e. The maximum Gasteiger partial charge on any atom is 0.337 e. The summed E-state index contributed by atoms with van der Waals surface area (Å²) in [5.41, 5.74) is 1.09. The van der Waals surface area contributed by atoms with Crippen LogP contribution < -0.4 is 15.7 Å². The summed E-state index contributed by atoms with van der Waals surface area (Å²) in [5, 5.41) is 3.58. The van der Waals surface area contributed by atoms with Gasteiger partial charge in [-0.3, -0.25) is 4.79 Å². The van der Waals surface area contributed by atoms with E-state index in [0.717, 1.165) is 12.0 Å². The van der Waals surface area contributed by atoms with Gasteiger partial charge in [0.25, 0.3) is 5.91 Å². The van der Waals surface area contributed by atoms with Gasteiger partial charge in [0.15, 0.2) is 0 Å². The molecule has 0 radical (unpaired) electrons. The van der Waals surface area contributed by atoms with Crippen LogP contribution in [-0.4, -0.2) is 12.5 Å². The van der Waals surface area contributed by atoms with Crippen molar-refractivity contribution in [3.05, 3.63) is 76.1 Å². The van der Waals surface area contributed by atoms with Gasteiger partial charge in [-0.2, -0.15) is 0 Å². The summed E-state index contributed by atoms with van der Waals surface area (Å²) in [6.45, 7) is 4.38. The molecule has 1 unspecified atom stereocenters. The molecule has 1 N–H and O–H groups in total. The molecule has 5 heteroatoms. The number of benzene rings is 2. The number of carbonyl (C=O) groups is 1. The molecule has 0 aliphatic heterocycles. The third-order valence-electron chi connectivity index (χ3n) is 4.19. The van der Waals surface area contributed by atoms with Crippen LogP contribution in [0.4, 0.5) is 0 Å². The van der Waals surface area contributed by atoms with Crippen LogP contribution in [0.3, 0.4) is 0 Å². The number of hydrogen-bond acceptors (Lipinski definition) is 4. The molecule has 134 valence electrons. The number of rotatable bonds is 6. The SMILES string of the molecule is CCOc1ccc2c(C(=O)NC(CC)c3ccccc3)cc(=O)oc2c1. The Morgan fingerprint density at radius 3 is 2.58 bits per heavy atom. The highest BCUT2D eigenvalue weighted by molar-refractivity contribution is 6.05. The van der Waals surface area contributed by atoms with Crippen LogP contribution in [0.2, 0.25) is 0 Å². The number of ether oxygens (including phenoxy) is 1. The first-order valence-electron chi connectivity index (χ1n) is 8.69. The summed E-state index contributed by atoms with van der Waals surface area (Å²) in [6, 6.07) is 16.0. The Morgan fingerprint density at radius 2 is 1.88 bits per heavy atom. The van der Waals surface area contributed by atoms with Gasteiger partial charge in [0.2, 0.25) is 0 Å². The molecule has 1 aromatic heterocycles. The van der Waals surface area contributed by atoms with Gasteiger partial charge in [-0.15, -0.1) is 0 Å². The van der Waals surface area contributed by atoms with Crippen LogP contribution in [0.1, 0.15) is 42.2 Å². The predicted molar refractivity (Wildman–Crippen MR) is 101 cm³/mol. The minimum atomic E-state index is -0.566. The molecule has 0 bridgehead atoms. The molecule has 26 heavy (non-hydrogen) atoms. The summed E-state index contributed by atoms with van der Waals surface area (Å²) in [7, 11) is 0. The number of carbonyl (C=O) groups excluding carboxylic acids is 1. The molecule has 0 aliphatic rings. The van der Waals surface area contributed by atoms with Gasteiger partial charge in [-0.25, -0.2) is 4.79 Å². The number of hydrogen-bond donors (Lipinski definition) is 1. The van der Waals surface area contributed by atoms with Crippen LogP contribution in [0.25, 0.3) is 11.0 Å². The zero-order valence-electron chi connectivity index (χ0n) is 14.8.